The number of furan rings is 1. The van der Waals surface area contributed by atoms with Crippen molar-refractivity contribution in [3.05, 3.63) is 95.4 Å². The summed E-state index contributed by atoms with van der Waals surface area (Å²) in [7, 11) is 0. The molecule has 0 aliphatic carbocycles. The summed E-state index contributed by atoms with van der Waals surface area (Å²) in [6.07, 6.45) is 2.71. The second-order valence-electron chi connectivity index (χ2n) is 8.23. The molecular weight excluding hydrogens is 350 g/mol. The minimum atomic E-state index is -0.636. The highest BCUT2D eigenvalue weighted by Gasteiger charge is 2.61. The monoisotopic (exact) mass is 371 g/mol. The first-order valence-electron chi connectivity index (χ1n) is 9.57. The molecule has 0 unspecified atom stereocenters. The van der Waals surface area contributed by atoms with Crippen molar-refractivity contribution in [3.63, 3.8) is 0 Å². The van der Waals surface area contributed by atoms with E-state index < -0.39 is 5.54 Å². The minimum absolute atomic E-state index is 0.0166. The van der Waals surface area contributed by atoms with Crippen molar-refractivity contribution in [2.45, 2.75) is 25.3 Å². The average Bonchev–Trinajstić information content (AvgIpc) is 3.39. The first kappa shape index (κ1) is 17.0. The molecule has 2 aliphatic rings. The van der Waals surface area contributed by atoms with E-state index >= 15 is 0 Å². The molecule has 5 rings (SSSR count). The number of rotatable bonds is 4. The van der Waals surface area contributed by atoms with Gasteiger partial charge in [0.05, 0.1) is 6.26 Å². The van der Waals surface area contributed by atoms with Crippen molar-refractivity contribution in [1.82, 2.24) is 4.90 Å². The number of nitrogens with zero attached hydrogens (tertiary/aromatic N) is 1. The van der Waals surface area contributed by atoms with Crippen LogP contribution < -0.4 is 0 Å². The maximum absolute atomic E-state index is 13.2. The van der Waals surface area contributed by atoms with E-state index in [0.717, 1.165) is 22.5 Å². The van der Waals surface area contributed by atoms with Crippen LogP contribution in [0.25, 0.3) is 0 Å². The minimum Gasteiger partial charge on any atom is -0.466 e. The lowest BCUT2D eigenvalue weighted by Crippen LogP contribution is -2.39. The van der Waals surface area contributed by atoms with Crippen LogP contribution in [0.5, 0.6) is 0 Å². The summed E-state index contributed by atoms with van der Waals surface area (Å²) >= 11 is 0. The van der Waals surface area contributed by atoms with E-state index in [1.807, 2.05) is 71.6 Å². The third-order valence-corrected chi connectivity index (χ3v) is 6.14. The molecule has 0 saturated carbocycles. The van der Waals surface area contributed by atoms with Crippen molar-refractivity contribution in [3.8, 4) is 0 Å². The van der Waals surface area contributed by atoms with Gasteiger partial charge in [0.25, 0.3) is 5.91 Å². The molecule has 2 atom stereocenters. The Labute approximate surface area is 163 Å². The Hall–Kier alpha value is -3.14. The second kappa shape index (κ2) is 5.93. The molecule has 1 aromatic heterocycles. The molecule has 0 N–H and O–H groups in total. The molecule has 1 saturated heterocycles. The second-order valence-corrected chi connectivity index (χ2v) is 8.23. The van der Waals surface area contributed by atoms with Gasteiger partial charge in [0.2, 0.25) is 0 Å². The number of carbonyl (C=O) groups is 2. The Morgan fingerprint density at radius 1 is 1.04 bits per heavy atom. The van der Waals surface area contributed by atoms with Gasteiger partial charge in [-0.05, 0) is 35.6 Å². The van der Waals surface area contributed by atoms with Gasteiger partial charge in [-0.1, -0.05) is 55.5 Å². The summed E-state index contributed by atoms with van der Waals surface area (Å²) < 4.78 is 5.83. The van der Waals surface area contributed by atoms with Crippen LogP contribution in [-0.4, -0.2) is 23.1 Å². The van der Waals surface area contributed by atoms with Gasteiger partial charge in [-0.2, -0.15) is 0 Å². The van der Waals surface area contributed by atoms with Crippen LogP contribution in [0.4, 0.5) is 0 Å². The molecule has 4 nitrogen and oxygen atoms in total. The summed E-state index contributed by atoms with van der Waals surface area (Å²) in [6, 6.07) is 20.9. The highest BCUT2D eigenvalue weighted by molar-refractivity contribution is 6.01. The first-order valence-corrected chi connectivity index (χ1v) is 9.57. The van der Waals surface area contributed by atoms with E-state index in [4.69, 9.17) is 4.42 Å². The molecule has 0 spiro atoms. The van der Waals surface area contributed by atoms with Crippen LogP contribution in [-0.2, 0) is 5.54 Å². The maximum Gasteiger partial charge on any atom is 0.255 e. The van der Waals surface area contributed by atoms with Gasteiger partial charge in [0.1, 0.15) is 11.3 Å². The maximum atomic E-state index is 13.2. The van der Waals surface area contributed by atoms with Gasteiger partial charge in [0.15, 0.2) is 5.78 Å². The van der Waals surface area contributed by atoms with Gasteiger partial charge in [0, 0.05) is 24.1 Å². The van der Waals surface area contributed by atoms with Crippen LogP contribution in [0, 0.1) is 5.41 Å². The normalized spacial score (nSPS) is 25.6. The zero-order valence-electron chi connectivity index (χ0n) is 15.7. The largest absolute Gasteiger partial charge is 0.466 e. The Bertz CT molecular complexity index is 1060. The standard InChI is InChI=1S/C24H21NO3/c1-23(14-20(26)17-8-3-2-4-9-17)15-24(21-12-7-13-28-21)19-11-6-5-10-18(19)22(27)25(24)16-23/h2-13H,14-16H2,1H3/t23-,24-/m0/s1. The lowest BCUT2D eigenvalue weighted by atomic mass is 9.74. The molecule has 0 radical (unpaired) electrons. The Balaban J connectivity index is 1.57. The Morgan fingerprint density at radius 3 is 2.54 bits per heavy atom. The van der Waals surface area contributed by atoms with E-state index in [1.165, 1.54) is 0 Å². The third-order valence-electron chi connectivity index (χ3n) is 6.14. The van der Waals surface area contributed by atoms with Gasteiger partial charge in [-0.15, -0.1) is 0 Å². The molecule has 1 fully saturated rings. The van der Waals surface area contributed by atoms with Crippen LogP contribution in [0.2, 0.25) is 0 Å². The van der Waals surface area contributed by atoms with E-state index in [1.54, 1.807) is 6.26 Å². The van der Waals surface area contributed by atoms with Crippen LogP contribution in [0.1, 0.15) is 51.8 Å². The highest BCUT2D eigenvalue weighted by Crippen LogP contribution is 2.57. The molecule has 28 heavy (non-hydrogen) atoms. The predicted molar refractivity (Wildman–Crippen MR) is 105 cm³/mol. The van der Waals surface area contributed by atoms with Crippen molar-refractivity contribution < 1.29 is 14.0 Å². The van der Waals surface area contributed by atoms with E-state index in [-0.39, 0.29) is 17.1 Å². The number of fused-ring (bicyclic) bond motifs is 3. The smallest absolute Gasteiger partial charge is 0.255 e. The average molecular weight is 371 g/mol. The number of hydrogen-bond acceptors (Lipinski definition) is 3. The van der Waals surface area contributed by atoms with E-state index in [9.17, 15) is 9.59 Å². The molecule has 140 valence electrons. The molecule has 4 heteroatoms. The summed E-state index contributed by atoms with van der Waals surface area (Å²) in [5.41, 5.74) is 1.46. The van der Waals surface area contributed by atoms with Crippen molar-refractivity contribution in [2.24, 2.45) is 5.41 Å². The fourth-order valence-corrected chi connectivity index (χ4v) is 5.05. The molecule has 3 aromatic rings. The molecule has 2 aliphatic heterocycles. The highest BCUT2D eigenvalue weighted by atomic mass is 16.3. The molecule has 3 heterocycles. The topological polar surface area (TPSA) is 50.5 Å². The predicted octanol–water partition coefficient (Wildman–Crippen LogP) is 4.66. The fourth-order valence-electron chi connectivity index (χ4n) is 5.05. The fraction of sp³-hybridized carbons (Fsp3) is 0.250. The number of ketones is 1. The van der Waals surface area contributed by atoms with Crippen LogP contribution in [0.3, 0.4) is 0 Å². The van der Waals surface area contributed by atoms with Gasteiger partial charge in [-0.25, -0.2) is 0 Å². The summed E-state index contributed by atoms with van der Waals surface area (Å²) in [4.78, 5) is 28.0. The SMILES string of the molecule is C[C@@]1(CC(=O)c2ccccc2)CN2C(=O)c3ccccc3[C@]2(c2ccco2)C1. The van der Waals surface area contributed by atoms with Gasteiger partial charge >= 0.3 is 0 Å². The Morgan fingerprint density at radius 2 is 1.79 bits per heavy atom. The Kier molecular flexibility index (Phi) is 3.60. The number of carbonyl (C=O) groups excluding carboxylic acids is 2. The summed E-state index contributed by atoms with van der Waals surface area (Å²) in [6.45, 7) is 2.63. The van der Waals surface area contributed by atoms with Crippen molar-refractivity contribution >= 4 is 11.7 Å². The lowest BCUT2D eigenvalue weighted by Gasteiger charge is -2.31. The molecular formula is C24H21NO3. The summed E-state index contributed by atoms with van der Waals surface area (Å²) in [5, 5.41) is 0. The molecule has 2 aromatic carbocycles. The molecule has 1 amide bonds. The zero-order chi connectivity index (χ0) is 19.4. The summed E-state index contributed by atoms with van der Waals surface area (Å²) in [5.74, 6) is 0.893. The van der Waals surface area contributed by atoms with Crippen molar-refractivity contribution in [1.29, 1.82) is 0 Å². The number of amides is 1. The van der Waals surface area contributed by atoms with Crippen LogP contribution >= 0.6 is 0 Å². The third kappa shape index (κ3) is 2.30. The zero-order valence-corrected chi connectivity index (χ0v) is 15.7. The molecule has 0 bridgehead atoms. The van der Waals surface area contributed by atoms with Gasteiger partial charge < -0.3 is 9.32 Å². The lowest BCUT2D eigenvalue weighted by molar-refractivity contribution is 0.0673. The first-order chi connectivity index (χ1) is 13.5. The quantitative estimate of drug-likeness (QED) is 0.627. The number of hydrogen-bond donors (Lipinski definition) is 0. The van der Waals surface area contributed by atoms with Gasteiger partial charge in [-0.3, -0.25) is 9.59 Å². The van der Waals surface area contributed by atoms with Crippen molar-refractivity contribution in [2.75, 3.05) is 6.54 Å². The number of benzene rings is 2. The van der Waals surface area contributed by atoms with E-state index in [2.05, 4.69) is 6.92 Å². The van der Waals surface area contributed by atoms with Crippen LogP contribution in [0.15, 0.2) is 77.4 Å². The number of Topliss-reactive ketones (excluding diaryl/α,β-unsaturated/α-hetero) is 1. The van der Waals surface area contributed by atoms with E-state index in [0.29, 0.717) is 19.4 Å².